The molecule has 0 spiro atoms. The van der Waals surface area contributed by atoms with E-state index in [2.05, 4.69) is 36.9 Å². The molecule has 1 atom stereocenters. The minimum atomic E-state index is -0.718. The van der Waals surface area contributed by atoms with Gasteiger partial charge in [0, 0.05) is 0 Å². The quantitative estimate of drug-likeness (QED) is 0.608. The first-order chi connectivity index (χ1) is 12.1. The number of fused-ring (bicyclic) bond motifs is 2. The summed E-state index contributed by atoms with van der Waals surface area (Å²) in [6.07, 6.45) is 0.582. The highest BCUT2D eigenvalue weighted by Gasteiger charge is 2.45. The van der Waals surface area contributed by atoms with E-state index in [0.717, 1.165) is 16.5 Å². The number of carbonyl (C=O) groups excluding carboxylic acids is 1. The highest BCUT2D eigenvalue weighted by Crippen LogP contribution is 2.41. The van der Waals surface area contributed by atoms with Gasteiger partial charge in [-0.1, -0.05) is 54.1 Å². The predicted octanol–water partition coefficient (Wildman–Crippen LogP) is 5.32. The van der Waals surface area contributed by atoms with Crippen LogP contribution in [0.15, 0.2) is 78.9 Å². The van der Waals surface area contributed by atoms with Crippen molar-refractivity contribution in [2.75, 3.05) is 6.61 Å². The predicted molar refractivity (Wildman–Crippen MR) is 101 cm³/mol. The minimum Gasteiger partial charge on any atom is -0.491 e. The van der Waals surface area contributed by atoms with Crippen LogP contribution in [-0.2, 0) is 5.41 Å². The minimum absolute atomic E-state index is 0.118. The molecule has 0 N–H and O–H groups in total. The van der Waals surface area contributed by atoms with E-state index in [-0.39, 0.29) is 5.78 Å². The van der Waals surface area contributed by atoms with Crippen molar-refractivity contribution in [3.63, 3.8) is 0 Å². The first kappa shape index (κ1) is 15.6. The standard InChI is InChI=1S/C23H20O2/c1-16(2)14-23(15-25-21-10-6-5-9-20(21)22(23)24)19-12-11-17-7-3-4-8-18(17)13-19/h3-13H,1,14-15H2,2H3/t23-/m0/s1. The van der Waals surface area contributed by atoms with Crippen molar-refractivity contribution in [3.8, 4) is 5.75 Å². The van der Waals surface area contributed by atoms with Gasteiger partial charge >= 0.3 is 0 Å². The van der Waals surface area contributed by atoms with E-state index < -0.39 is 5.41 Å². The van der Waals surface area contributed by atoms with Crippen LogP contribution in [0.4, 0.5) is 0 Å². The van der Waals surface area contributed by atoms with Crippen molar-refractivity contribution in [2.24, 2.45) is 0 Å². The summed E-state index contributed by atoms with van der Waals surface area (Å²) >= 11 is 0. The highest BCUT2D eigenvalue weighted by molar-refractivity contribution is 6.07. The fourth-order valence-electron chi connectivity index (χ4n) is 3.75. The van der Waals surface area contributed by atoms with Gasteiger partial charge in [-0.05, 0) is 47.9 Å². The summed E-state index contributed by atoms with van der Waals surface area (Å²) < 4.78 is 6.02. The molecule has 1 aliphatic heterocycles. The molecule has 1 aliphatic rings. The second-order valence-corrected chi connectivity index (χ2v) is 6.89. The number of hydrogen-bond donors (Lipinski definition) is 0. The van der Waals surface area contributed by atoms with Gasteiger partial charge in [0.2, 0.25) is 0 Å². The lowest BCUT2D eigenvalue weighted by atomic mass is 9.69. The zero-order valence-corrected chi connectivity index (χ0v) is 14.3. The normalized spacial score (nSPS) is 19.3. The van der Waals surface area contributed by atoms with E-state index in [4.69, 9.17) is 4.74 Å². The van der Waals surface area contributed by atoms with Crippen molar-refractivity contribution >= 4 is 16.6 Å². The van der Waals surface area contributed by atoms with Crippen LogP contribution >= 0.6 is 0 Å². The number of rotatable bonds is 3. The summed E-state index contributed by atoms with van der Waals surface area (Å²) in [6, 6.07) is 22.0. The Labute approximate surface area is 147 Å². The van der Waals surface area contributed by atoms with Crippen molar-refractivity contribution in [1.82, 2.24) is 0 Å². The maximum absolute atomic E-state index is 13.5. The smallest absolute Gasteiger partial charge is 0.180 e. The van der Waals surface area contributed by atoms with Gasteiger partial charge < -0.3 is 4.74 Å². The van der Waals surface area contributed by atoms with E-state index in [9.17, 15) is 4.79 Å². The molecule has 1 heterocycles. The van der Waals surface area contributed by atoms with Crippen LogP contribution in [0.2, 0.25) is 0 Å². The average Bonchev–Trinajstić information content (AvgIpc) is 2.63. The van der Waals surface area contributed by atoms with Crippen molar-refractivity contribution in [2.45, 2.75) is 18.8 Å². The number of ether oxygens (including phenoxy) is 1. The Morgan fingerprint density at radius 3 is 2.56 bits per heavy atom. The topological polar surface area (TPSA) is 26.3 Å². The number of hydrogen-bond acceptors (Lipinski definition) is 2. The molecule has 2 heteroatoms. The molecule has 0 bridgehead atoms. The Morgan fingerprint density at radius 2 is 1.76 bits per heavy atom. The van der Waals surface area contributed by atoms with Crippen LogP contribution in [0.5, 0.6) is 5.75 Å². The van der Waals surface area contributed by atoms with Crippen molar-refractivity contribution in [3.05, 3.63) is 90.0 Å². The second kappa shape index (κ2) is 5.89. The molecule has 0 aliphatic carbocycles. The molecule has 3 aromatic carbocycles. The fourth-order valence-corrected chi connectivity index (χ4v) is 3.75. The molecule has 124 valence electrons. The lowest BCUT2D eigenvalue weighted by molar-refractivity contribution is 0.0766. The number of para-hydroxylation sites is 1. The lowest BCUT2D eigenvalue weighted by Crippen LogP contribution is -2.45. The molecule has 3 aromatic rings. The molecule has 0 radical (unpaired) electrons. The molecule has 0 amide bonds. The Hall–Kier alpha value is -2.87. The molecular formula is C23H20O2. The maximum atomic E-state index is 13.5. The third-order valence-electron chi connectivity index (χ3n) is 4.95. The molecule has 0 saturated carbocycles. The summed E-state index contributed by atoms with van der Waals surface area (Å²) in [5.74, 6) is 0.790. The van der Waals surface area contributed by atoms with Crippen LogP contribution in [0.1, 0.15) is 29.3 Å². The largest absolute Gasteiger partial charge is 0.491 e. The number of Topliss-reactive ketones (excluding diaryl/α,β-unsaturated/α-hetero) is 1. The Balaban J connectivity index is 1.90. The third kappa shape index (κ3) is 2.54. The Morgan fingerprint density at radius 1 is 1.04 bits per heavy atom. The SMILES string of the molecule is C=C(C)C[C@@]1(c2ccc3ccccc3c2)COc2ccccc2C1=O. The van der Waals surface area contributed by atoms with E-state index in [0.29, 0.717) is 24.3 Å². The van der Waals surface area contributed by atoms with Gasteiger partial charge in [-0.2, -0.15) is 0 Å². The van der Waals surface area contributed by atoms with Gasteiger partial charge in [0.25, 0.3) is 0 Å². The molecule has 0 fully saturated rings. The van der Waals surface area contributed by atoms with E-state index >= 15 is 0 Å². The summed E-state index contributed by atoms with van der Waals surface area (Å²) in [4.78, 5) is 13.5. The van der Waals surface area contributed by atoms with Crippen LogP contribution in [0.3, 0.4) is 0 Å². The molecule has 0 unspecified atom stereocenters. The number of allylic oxidation sites excluding steroid dienone is 1. The Bertz CT molecular complexity index is 986. The van der Waals surface area contributed by atoms with Gasteiger partial charge in [-0.15, -0.1) is 6.58 Å². The number of ketones is 1. The number of benzene rings is 3. The second-order valence-electron chi connectivity index (χ2n) is 6.89. The Kier molecular flexibility index (Phi) is 3.69. The van der Waals surface area contributed by atoms with E-state index in [1.807, 2.05) is 43.3 Å². The first-order valence-electron chi connectivity index (χ1n) is 8.50. The van der Waals surface area contributed by atoms with Gasteiger partial charge in [0.1, 0.15) is 12.4 Å². The molecular weight excluding hydrogens is 308 g/mol. The van der Waals surface area contributed by atoms with Crippen LogP contribution < -0.4 is 4.74 Å². The lowest BCUT2D eigenvalue weighted by Gasteiger charge is -2.37. The molecule has 2 nitrogen and oxygen atoms in total. The summed E-state index contributed by atoms with van der Waals surface area (Å²) in [7, 11) is 0. The highest BCUT2D eigenvalue weighted by atomic mass is 16.5. The van der Waals surface area contributed by atoms with Gasteiger partial charge in [-0.25, -0.2) is 0 Å². The zero-order valence-electron chi connectivity index (χ0n) is 14.3. The van der Waals surface area contributed by atoms with Crippen LogP contribution in [0, 0.1) is 0 Å². The summed E-state index contributed by atoms with van der Waals surface area (Å²) in [6.45, 7) is 6.37. The maximum Gasteiger partial charge on any atom is 0.180 e. The fraction of sp³-hybridized carbons (Fsp3) is 0.174. The van der Waals surface area contributed by atoms with E-state index in [1.54, 1.807) is 0 Å². The summed E-state index contributed by atoms with van der Waals surface area (Å²) in [5, 5.41) is 2.30. The van der Waals surface area contributed by atoms with Gasteiger partial charge in [-0.3, -0.25) is 4.79 Å². The van der Waals surface area contributed by atoms with Crippen molar-refractivity contribution in [1.29, 1.82) is 0 Å². The molecule has 0 aromatic heterocycles. The van der Waals surface area contributed by atoms with Crippen molar-refractivity contribution < 1.29 is 9.53 Å². The zero-order chi connectivity index (χ0) is 17.4. The number of carbonyl (C=O) groups is 1. The van der Waals surface area contributed by atoms with Gasteiger partial charge in [0.15, 0.2) is 5.78 Å². The van der Waals surface area contributed by atoms with E-state index in [1.165, 1.54) is 5.39 Å². The van der Waals surface area contributed by atoms with Crippen LogP contribution in [0.25, 0.3) is 10.8 Å². The summed E-state index contributed by atoms with van der Waals surface area (Å²) in [5.41, 5.74) is 1.91. The van der Waals surface area contributed by atoms with Gasteiger partial charge in [0.05, 0.1) is 11.0 Å². The first-order valence-corrected chi connectivity index (χ1v) is 8.50. The molecule has 4 rings (SSSR count). The third-order valence-corrected chi connectivity index (χ3v) is 4.95. The monoisotopic (exact) mass is 328 g/mol. The molecule has 25 heavy (non-hydrogen) atoms. The van der Waals surface area contributed by atoms with Crippen LogP contribution in [-0.4, -0.2) is 12.4 Å². The average molecular weight is 328 g/mol. The molecule has 0 saturated heterocycles.